The third-order valence-electron chi connectivity index (χ3n) is 6.22. The normalized spacial score (nSPS) is 26.4. The topological polar surface area (TPSA) is 46.2 Å². The van der Waals surface area contributed by atoms with Crippen molar-refractivity contribution in [1.29, 1.82) is 0 Å². The van der Waals surface area contributed by atoms with Crippen LogP contribution in [0.25, 0.3) is 11.1 Å². The van der Waals surface area contributed by atoms with Crippen molar-refractivity contribution in [3.8, 4) is 11.1 Å². The summed E-state index contributed by atoms with van der Waals surface area (Å²) in [5.41, 5.74) is -0.0647. The summed E-state index contributed by atoms with van der Waals surface area (Å²) in [6.45, 7) is 0. The third kappa shape index (κ3) is 3.94. The van der Waals surface area contributed by atoms with Gasteiger partial charge in [-0.2, -0.15) is 13.2 Å². The number of alkyl halides is 3. The Morgan fingerprint density at radius 1 is 0.935 bits per heavy atom. The molecule has 1 N–H and O–H groups in total. The number of carbonyl (C=O) groups is 2. The molecule has 1 saturated carbocycles. The fourth-order valence-electron chi connectivity index (χ4n) is 4.48. The molecule has 31 heavy (non-hydrogen) atoms. The van der Waals surface area contributed by atoms with Gasteiger partial charge in [-0.1, -0.05) is 35.3 Å². The Morgan fingerprint density at radius 3 is 2.10 bits per heavy atom. The number of Topliss-reactive ketones (excluding diaryl/α,β-unsaturated/α-hetero) is 1. The predicted molar refractivity (Wildman–Crippen MR) is 108 cm³/mol. The van der Waals surface area contributed by atoms with Gasteiger partial charge in [-0.05, 0) is 66.6 Å². The summed E-state index contributed by atoms with van der Waals surface area (Å²) in [6.07, 6.45) is -4.91. The van der Waals surface area contributed by atoms with E-state index in [-0.39, 0.29) is 41.3 Å². The molecule has 0 bridgehead atoms. The highest BCUT2D eigenvalue weighted by Gasteiger charge is 2.56. The zero-order valence-electron chi connectivity index (χ0n) is 16.0. The average Bonchev–Trinajstić information content (AvgIpc) is 2.94. The fourth-order valence-corrected chi connectivity index (χ4v) is 4.82. The number of carbonyl (C=O) groups excluding carboxylic acids is 2. The Bertz CT molecular complexity index is 1060. The van der Waals surface area contributed by atoms with E-state index in [0.717, 1.165) is 0 Å². The SMILES string of the molecule is O=C1NC2(CCC(C(F)(F)F)CC2)C(=O)C1c1cc(-c2ccc(Cl)c(F)c2)ccc1Cl. The Balaban J connectivity index is 1.65. The van der Waals surface area contributed by atoms with Crippen molar-refractivity contribution >= 4 is 34.9 Å². The van der Waals surface area contributed by atoms with Gasteiger partial charge in [0.2, 0.25) is 5.91 Å². The van der Waals surface area contributed by atoms with Crippen LogP contribution in [-0.4, -0.2) is 23.4 Å². The Labute approximate surface area is 185 Å². The van der Waals surface area contributed by atoms with E-state index in [0.29, 0.717) is 11.1 Å². The molecule has 1 spiro atoms. The summed E-state index contributed by atoms with van der Waals surface area (Å²) < 4.78 is 52.9. The first kappa shape index (κ1) is 22.1. The number of rotatable bonds is 2. The third-order valence-corrected chi connectivity index (χ3v) is 6.87. The van der Waals surface area contributed by atoms with Crippen LogP contribution in [0.5, 0.6) is 0 Å². The number of hydrogen-bond donors (Lipinski definition) is 1. The molecular weight excluding hydrogens is 457 g/mol. The minimum absolute atomic E-state index is 0.0420. The second-order valence-electron chi connectivity index (χ2n) is 8.05. The van der Waals surface area contributed by atoms with E-state index in [1.807, 2.05) is 0 Å². The largest absolute Gasteiger partial charge is 0.391 e. The lowest BCUT2D eigenvalue weighted by atomic mass is 9.73. The Kier molecular flexibility index (Phi) is 5.54. The highest BCUT2D eigenvalue weighted by Crippen LogP contribution is 2.46. The first-order chi connectivity index (χ1) is 14.5. The summed E-state index contributed by atoms with van der Waals surface area (Å²) in [4.78, 5) is 26.0. The molecule has 2 fully saturated rings. The summed E-state index contributed by atoms with van der Waals surface area (Å²) in [7, 11) is 0. The van der Waals surface area contributed by atoms with E-state index in [1.165, 1.54) is 24.3 Å². The smallest absolute Gasteiger partial charge is 0.343 e. The maximum Gasteiger partial charge on any atom is 0.391 e. The lowest BCUT2D eigenvalue weighted by Gasteiger charge is -2.36. The molecule has 1 heterocycles. The molecule has 1 aliphatic heterocycles. The molecule has 1 amide bonds. The van der Waals surface area contributed by atoms with Gasteiger partial charge in [-0.25, -0.2) is 4.39 Å². The van der Waals surface area contributed by atoms with Gasteiger partial charge in [0.05, 0.1) is 16.5 Å². The molecular formula is C22H17Cl2F4NO2. The predicted octanol–water partition coefficient (Wildman–Crippen LogP) is 6.07. The standard InChI is InChI=1S/C22H17Cl2F4NO2/c23-15-3-1-11(12-2-4-16(24)17(25)10-12)9-14(15)18-19(30)21(29-20(18)31)7-5-13(6-8-21)22(26,27)28/h1-4,9-10,13,18H,5-8H2,(H,29,31). The first-order valence-corrected chi connectivity index (χ1v) is 10.5. The van der Waals surface area contributed by atoms with E-state index in [4.69, 9.17) is 23.2 Å². The number of halogens is 6. The number of nitrogens with one attached hydrogen (secondary N) is 1. The van der Waals surface area contributed by atoms with Crippen LogP contribution in [0.1, 0.15) is 37.2 Å². The van der Waals surface area contributed by atoms with Gasteiger partial charge in [0.25, 0.3) is 0 Å². The zero-order valence-corrected chi connectivity index (χ0v) is 17.5. The lowest BCUT2D eigenvalue weighted by Crippen LogP contribution is -2.50. The molecule has 2 aliphatic rings. The van der Waals surface area contributed by atoms with Crippen LogP contribution in [0.3, 0.4) is 0 Å². The van der Waals surface area contributed by atoms with Crippen molar-refractivity contribution in [2.75, 3.05) is 0 Å². The van der Waals surface area contributed by atoms with E-state index in [1.54, 1.807) is 12.1 Å². The molecule has 164 valence electrons. The van der Waals surface area contributed by atoms with Crippen LogP contribution in [-0.2, 0) is 9.59 Å². The minimum Gasteiger partial charge on any atom is -0.343 e. The molecule has 0 radical (unpaired) electrons. The first-order valence-electron chi connectivity index (χ1n) is 9.70. The van der Waals surface area contributed by atoms with Crippen molar-refractivity contribution in [3.63, 3.8) is 0 Å². The molecule has 4 rings (SSSR count). The number of amides is 1. The Morgan fingerprint density at radius 2 is 1.52 bits per heavy atom. The van der Waals surface area contributed by atoms with Crippen molar-refractivity contribution in [2.45, 2.75) is 43.3 Å². The number of ketones is 1. The van der Waals surface area contributed by atoms with E-state index < -0.39 is 41.1 Å². The van der Waals surface area contributed by atoms with E-state index in [2.05, 4.69) is 5.32 Å². The number of benzene rings is 2. The lowest BCUT2D eigenvalue weighted by molar-refractivity contribution is -0.185. The second kappa shape index (κ2) is 7.78. The minimum atomic E-state index is -4.32. The average molecular weight is 474 g/mol. The van der Waals surface area contributed by atoms with Crippen LogP contribution in [0.15, 0.2) is 36.4 Å². The maximum absolute atomic E-state index is 13.9. The van der Waals surface area contributed by atoms with Crippen LogP contribution in [0.2, 0.25) is 10.0 Å². The Hall–Kier alpha value is -2.12. The van der Waals surface area contributed by atoms with Crippen LogP contribution >= 0.6 is 23.2 Å². The maximum atomic E-state index is 13.9. The van der Waals surface area contributed by atoms with Gasteiger partial charge in [0.1, 0.15) is 11.7 Å². The van der Waals surface area contributed by atoms with Crippen molar-refractivity contribution in [3.05, 3.63) is 57.8 Å². The van der Waals surface area contributed by atoms with Crippen LogP contribution < -0.4 is 5.32 Å². The molecule has 9 heteroatoms. The van der Waals surface area contributed by atoms with Crippen molar-refractivity contribution < 1.29 is 27.2 Å². The summed E-state index contributed by atoms with van der Waals surface area (Å²) in [5.74, 6) is -4.39. The van der Waals surface area contributed by atoms with Crippen molar-refractivity contribution in [2.24, 2.45) is 5.92 Å². The van der Waals surface area contributed by atoms with E-state index in [9.17, 15) is 27.2 Å². The van der Waals surface area contributed by atoms with E-state index >= 15 is 0 Å². The summed E-state index contributed by atoms with van der Waals surface area (Å²) in [5, 5.41) is 2.78. The monoisotopic (exact) mass is 473 g/mol. The zero-order chi connectivity index (χ0) is 22.6. The van der Waals surface area contributed by atoms with Gasteiger partial charge in [0.15, 0.2) is 5.78 Å². The number of hydrogen-bond acceptors (Lipinski definition) is 2. The molecule has 0 aromatic heterocycles. The van der Waals surface area contributed by atoms with Gasteiger partial charge < -0.3 is 5.32 Å². The molecule has 2 aromatic rings. The summed E-state index contributed by atoms with van der Waals surface area (Å²) in [6, 6.07) is 8.87. The molecule has 3 nitrogen and oxygen atoms in total. The highest BCUT2D eigenvalue weighted by atomic mass is 35.5. The quantitative estimate of drug-likeness (QED) is 0.424. The van der Waals surface area contributed by atoms with Gasteiger partial charge in [0, 0.05) is 5.02 Å². The van der Waals surface area contributed by atoms with Crippen LogP contribution in [0, 0.1) is 11.7 Å². The fraction of sp³-hybridized carbons (Fsp3) is 0.364. The second-order valence-corrected chi connectivity index (χ2v) is 8.86. The van der Waals surface area contributed by atoms with Gasteiger partial charge >= 0.3 is 6.18 Å². The molecule has 1 aliphatic carbocycles. The van der Waals surface area contributed by atoms with Crippen LogP contribution in [0.4, 0.5) is 17.6 Å². The molecule has 1 unspecified atom stereocenters. The van der Waals surface area contributed by atoms with Gasteiger partial charge in [-0.15, -0.1) is 0 Å². The molecule has 1 atom stereocenters. The van der Waals surface area contributed by atoms with Crippen molar-refractivity contribution in [1.82, 2.24) is 5.32 Å². The highest BCUT2D eigenvalue weighted by molar-refractivity contribution is 6.33. The molecule has 1 saturated heterocycles. The van der Waals surface area contributed by atoms with Gasteiger partial charge in [-0.3, -0.25) is 9.59 Å². The summed E-state index contributed by atoms with van der Waals surface area (Å²) >= 11 is 12.0. The molecule has 2 aromatic carbocycles.